The molecule has 0 aromatic heterocycles. The highest BCUT2D eigenvalue weighted by molar-refractivity contribution is 6.30. The van der Waals surface area contributed by atoms with Gasteiger partial charge in [0, 0.05) is 29.6 Å². The van der Waals surface area contributed by atoms with Crippen molar-refractivity contribution < 1.29 is 0 Å². The van der Waals surface area contributed by atoms with Gasteiger partial charge in [0.15, 0.2) is 0 Å². The number of nitrogens with two attached hydrogens (primary N) is 1. The molecule has 1 aliphatic heterocycles. The van der Waals surface area contributed by atoms with E-state index in [1.54, 1.807) is 6.20 Å². The van der Waals surface area contributed by atoms with E-state index in [0.717, 1.165) is 49.5 Å². The van der Waals surface area contributed by atoms with Crippen molar-refractivity contribution in [3.63, 3.8) is 0 Å². The largest absolute Gasteiger partial charge is 0.404 e. The third kappa shape index (κ3) is 4.96. The van der Waals surface area contributed by atoms with Crippen LogP contribution in [0.5, 0.6) is 0 Å². The van der Waals surface area contributed by atoms with Crippen LogP contribution in [0.2, 0.25) is 5.02 Å². The smallest absolute Gasteiger partial charge is 0.0406 e. The van der Waals surface area contributed by atoms with Gasteiger partial charge in [0.05, 0.1) is 0 Å². The number of hydrogen-bond acceptors (Lipinski definition) is 3. The Balaban J connectivity index is 1.53. The molecule has 1 heterocycles. The number of allylic oxidation sites excluding steroid dienone is 1. The minimum Gasteiger partial charge on any atom is -0.404 e. The fourth-order valence-electron chi connectivity index (χ4n) is 3.55. The molecule has 0 radical (unpaired) electrons. The van der Waals surface area contributed by atoms with Crippen LogP contribution >= 0.6 is 11.6 Å². The lowest BCUT2D eigenvalue weighted by Gasteiger charge is -2.32. The van der Waals surface area contributed by atoms with E-state index in [-0.39, 0.29) is 0 Å². The third-order valence-electron chi connectivity index (χ3n) is 5.10. The summed E-state index contributed by atoms with van der Waals surface area (Å²) in [6.07, 6.45) is 4.38. The molecule has 3 rings (SSSR count). The minimum atomic E-state index is 0.301. The van der Waals surface area contributed by atoms with Gasteiger partial charge in [-0.1, -0.05) is 54.1 Å². The molecular weight excluding hydrogens is 342 g/mol. The van der Waals surface area contributed by atoms with Crippen molar-refractivity contribution in [2.45, 2.75) is 25.8 Å². The van der Waals surface area contributed by atoms with E-state index in [9.17, 15) is 0 Å². The molecule has 1 fully saturated rings. The lowest BCUT2D eigenvalue weighted by atomic mass is 9.86. The van der Waals surface area contributed by atoms with Crippen LogP contribution in [0, 0.1) is 11.3 Å². The van der Waals surface area contributed by atoms with Gasteiger partial charge >= 0.3 is 0 Å². The standard InChI is InChI=1S/C22H26ClN3/c23-21-8-6-18(7-9-21)16-26-12-10-19(11-13-26)22(25)20(15-24)14-17-4-2-1-3-5-17/h1-9,15,19,25H,10-14,16,24H2. The molecule has 0 atom stereocenters. The van der Waals surface area contributed by atoms with Crippen LogP contribution in [-0.2, 0) is 13.0 Å². The number of hydrogen-bond donors (Lipinski definition) is 2. The summed E-state index contributed by atoms with van der Waals surface area (Å²) in [4.78, 5) is 2.45. The van der Waals surface area contributed by atoms with Gasteiger partial charge in [-0.3, -0.25) is 4.90 Å². The van der Waals surface area contributed by atoms with Crippen LogP contribution in [0.3, 0.4) is 0 Å². The van der Waals surface area contributed by atoms with E-state index in [1.807, 2.05) is 30.3 Å². The minimum absolute atomic E-state index is 0.301. The van der Waals surface area contributed by atoms with Crippen molar-refractivity contribution >= 4 is 17.3 Å². The van der Waals surface area contributed by atoms with E-state index >= 15 is 0 Å². The normalized spacial score (nSPS) is 16.6. The molecule has 0 unspecified atom stereocenters. The molecule has 3 nitrogen and oxygen atoms in total. The van der Waals surface area contributed by atoms with E-state index in [0.29, 0.717) is 11.6 Å². The fraction of sp³-hybridized carbons (Fsp3) is 0.318. The van der Waals surface area contributed by atoms with Gasteiger partial charge in [-0.2, -0.15) is 0 Å². The van der Waals surface area contributed by atoms with Gasteiger partial charge < -0.3 is 11.1 Å². The summed E-state index contributed by atoms with van der Waals surface area (Å²) >= 11 is 5.96. The summed E-state index contributed by atoms with van der Waals surface area (Å²) in [5.74, 6) is 0.301. The van der Waals surface area contributed by atoms with Gasteiger partial charge in [-0.05, 0) is 61.0 Å². The second-order valence-corrected chi connectivity index (χ2v) is 7.38. The maximum absolute atomic E-state index is 8.62. The Morgan fingerprint density at radius 3 is 2.31 bits per heavy atom. The highest BCUT2D eigenvalue weighted by Crippen LogP contribution is 2.24. The molecule has 1 aliphatic rings. The van der Waals surface area contributed by atoms with Crippen molar-refractivity contribution in [3.8, 4) is 0 Å². The van der Waals surface area contributed by atoms with Crippen LogP contribution in [-0.4, -0.2) is 23.7 Å². The first kappa shape index (κ1) is 18.7. The molecule has 0 amide bonds. The van der Waals surface area contributed by atoms with Crippen LogP contribution in [0.1, 0.15) is 24.0 Å². The first-order chi connectivity index (χ1) is 12.7. The fourth-order valence-corrected chi connectivity index (χ4v) is 3.68. The molecule has 3 N–H and O–H groups in total. The number of likely N-dealkylation sites (tertiary alicyclic amines) is 1. The van der Waals surface area contributed by atoms with Gasteiger partial charge in [0.2, 0.25) is 0 Å². The Morgan fingerprint density at radius 1 is 1.04 bits per heavy atom. The Bertz CT molecular complexity index is 745. The Labute approximate surface area is 161 Å². The number of nitrogens with one attached hydrogen (secondary N) is 1. The van der Waals surface area contributed by atoms with Crippen molar-refractivity contribution in [2.24, 2.45) is 11.7 Å². The molecule has 4 heteroatoms. The highest BCUT2D eigenvalue weighted by atomic mass is 35.5. The predicted molar refractivity (Wildman–Crippen MR) is 110 cm³/mol. The average molecular weight is 368 g/mol. The zero-order valence-electron chi connectivity index (χ0n) is 15.0. The molecule has 0 spiro atoms. The van der Waals surface area contributed by atoms with E-state index in [2.05, 4.69) is 29.2 Å². The van der Waals surface area contributed by atoms with Crippen molar-refractivity contribution in [3.05, 3.63) is 82.5 Å². The van der Waals surface area contributed by atoms with Crippen molar-refractivity contribution in [1.82, 2.24) is 4.90 Å². The Hall–Kier alpha value is -2.10. The molecule has 0 bridgehead atoms. The summed E-state index contributed by atoms with van der Waals surface area (Å²) in [6, 6.07) is 18.3. The van der Waals surface area contributed by atoms with Crippen LogP contribution < -0.4 is 5.73 Å². The van der Waals surface area contributed by atoms with Crippen molar-refractivity contribution in [2.75, 3.05) is 13.1 Å². The lowest BCUT2D eigenvalue weighted by Crippen LogP contribution is -2.36. The third-order valence-corrected chi connectivity index (χ3v) is 5.35. The average Bonchev–Trinajstić information content (AvgIpc) is 2.69. The lowest BCUT2D eigenvalue weighted by molar-refractivity contribution is 0.201. The van der Waals surface area contributed by atoms with Crippen molar-refractivity contribution in [1.29, 1.82) is 5.41 Å². The molecule has 0 saturated carbocycles. The summed E-state index contributed by atoms with van der Waals surface area (Å²) < 4.78 is 0. The monoisotopic (exact) mass is 367 g/mol. The van der Waals surface area contributed by atoms with Gasteiger partial charge in [-0.25, -0.2) is 0 Å². The maximum atomic E-state index is 8.62. The summed E-state index contributed by atoms with van der Waals surface area (Å²) in [6.45, 7) is 2.97. The molecule has 136 valence electrons. The molecule has 26 heavy (non-hydrogen) atoms. The molecular formula is C22H26ClN3. The SMILES string of the molecule is N=C(C(=CN)Cc1ccccc1)C1CCN(Cc2ccc(Cl)cc2)CC1. The topological polar surface area (TPSA) is 53.1 Å². The number of halogens is 1. The van der Waals surface area contributed by atoms with Gasteiger partial charge in [0.1, 0.15) is 0 Å². The second kappa shape index (κ2) is 9.02. The second-order valence-electron chi connectivity index (χ2n) is 6.94. The quantitative estimate of drug-likeness (QED) is 0.729. The Kier molecular flexibility index (Phi) is 6.48. The first-order valence-corrected chi connectivity index (χ1v) is 9.54. The van der Waals surface area contributed by atoms with Gasteiger partial charge in [-0.15, -0.1) is 0 Å². The van der Waals surface area contributed by atoms with Crippen LogP contribution in [0.25, 0.3) is 0 Å². The number of piperidine rings is 1. The number of rotatable bonds is 6. The molecule has 2 aromatic rings. The summed E-state index contributed by atoms with van der Waals surface area (Å²) in [5.41, 5.74) is 10.00. The molecule has 0 aliphatic carbocycles. The van der Waals surface area contributed by atoms with E-state index in [4.69, 9.17) is 22.7 Å². The van der Waals surface area contributed by atoms with Crippen LogP contribution in [0.4, 0.5) is 0 Å². The van der Waals surface area contributed by atoms with E-state index < -0.39 is 0 Å². The zero-order chi connectivity index (χ0) is 18.4. The number of benzene rings is 2. The molecule has 1 saturated heterocycles. The first-order valence-electron chi connectivity index (χ1n) is 9.16. The summed E-state index contributed by atoms with van der Waals surface area (Å²) in [7, 11) is 0. The summed E-state index contributed by atoms with van der Waals surface area (Å²) in [5, 5.41) is 9.40. The van der Waals surface area contributed by atoms with Crippen LogP contribution in [0.15, 0.2) is 66.4 Å². The van der Waals surface area contributed by atoms with E-state index in [1.165, 1.54) is 11.1 Å². The highest BCUT2D eigenvalue weighted by Gasteiger charge is 2.24. The molecule has 2 aromatic carbocycles. The van der Waals surface area contributed by atoms with Gasteiger partial charge in [0.25, 0.3) is 0 Å². The predicted octanol–water partition coefficient (Wildman–Crippen LogP) is 4.66. The number of nitrogens with zero attached hydrogens (tertiary/aromatic N) is 1. The Morgan fingerprint density at radius 2 is 1.69 bits per heavy atom. The maximum Gasteiger partial charge on any atom is 0.0406 e. The zero-order valence-corrected chi connectivity index (χ0v) is 15.8.